The number of rotatable bonds is 8. The molecule has 9 nitrogen and oxygen atoms in total. The number of carbonyl (C=O) groups is 3. The summed E-state index contributed by atoms with van der Waals surface area (Å²) in [4.78, 5) is 56.7. The molecule has 2 N–H and O–H groups in total. The highest BCUT2D eigenvalue weighted by atomic mass is 32.1. The van der Waals surface area contributed by atoms with Crippen LogP contribution in [-0.2, 0) is 11.2 Å². The molecule has 0 aliphatic heterocycles. The van der Waals surface area contributed by atoms with Gasteiger partial charge in [-0.05, 0) is 62.7 Å². The fraction of sp³-hybridized carbons (Fsp3) is 0.222. The lowest BCUT2D eigenvalue weighted by Gasteiger charge is -2.11. The van der Waals surface area contributed by atoms with Crippen LogP contribution in [0.2, 0.25) is 0 Å². The van der Waals surface area contributed by atoms with Crippen LogP contribution in [0.3, 0.4) is 0 Å². The number of hydrogen-bond donors (Lipinski definition) is 2. The molecule has 38 heavy (non-hydrogen) atoms. The van der Waals surface area contributed by atoms with Gasteiger partial charge >= 0.3 is 5.97 Å². The third kappa shape index (κ3) is 5.94. The summed E-state index contributed by atoms with van der Waals surface area (Å²) in [5, 5.41) is 5.29. The van der Waals surface area contributed by atoms with E-state index in [1.54, 1.807) is 32.0 Å². The smallest absolute Gasteiger partial charge is 0.338 e. The minimum Gasteiger partial charge on any atom is -0.459 e. The van der Waals surface area contributed by atoms with Crippen LogP contribution in [0.5, 0.6) is 0 Å². The van der Waals surface area contributed by atoms with Crippen LogP contribution < -0.4 is 16.2 Å². The van der Waals surface area contributed by atoms with Crippen molar-refractivity contribution >= 4 is 45.5 Å². The fourth-order valence-electron chi connectivity index (χ4n) is 3.68. The van der Waals surface area contributed by atoms with E-state index in [-0.39, 0.29) is 32.9 Å². The third-order valence-corrected chi connectivity index (χ3v) is 6.34. The third-order valence-electron chi connectivity index (χ3n) is 5.30. The number of hydrogen-bond acceptors (Lipinski definition) is 7. The Kier molecular flexibility index (Phi) is 7.96. The largest absolute Gasteiger partial charge is 0.459 e. The van der Waals surface area contributed by atoms with Crippen LogP contribution in [0.25, 0.3) is 4.96 Å². The molecule has 196 valence electrons. The maximum Gasteiger partial charge on any atom is 0.338 e. The maximum absolute atomic E-state index is 13.5. The summed E-state index contributed by atoms with van der Waals surface area (Å²) >= 11 is 0.893. The van der Waals surface area contributed by atoms with Gasteiger partial charge in [0.2, 0.25) is 0 Å². The Morgan fingerprint density at radius 1 is 1.03 bits per heavy atom. The lowest BCUT2D eigenvalue weighted by molar-refractivity contribution is 0.0377. The minimum atomic E-state index is -0.748. The van der Waals surface area contributed by atoms with Gasteiger partial charge < -0.3 is 15.4 Å². The van der Waals surface area contributed by atoms with E-state index in [9.17, 15) is 23.6 Å². The van der Waals surface area contributed by atoms with Crippen molar-refractivity contribution < 1.29 is 23.5 Å². The van der Waals surface area contributed by atoms with Crippen molar-refractivity contribution in [2.45, 2.75) is 39.7 Å². The maximum atomic E-state index is 13.5. The zero-order valence-corrected chi connectivity index (χ0v) is 21.7. The summed E-state index contributed by atoms with van der Waals surface area (Å²) in [5.74, 6) is -2.44. The number of fused-ring (bicyclic) bond motifs is 1. The summed E-state index contributed by atoms with van der Waals surface area (Å²) in [6, 6.07) is 12.6. The molecule has 0 aliphatic rings. The summed E-state index contributed by atoms with van der Waals surface area (Å²) in [6.07, 6.45) is 0.994. The number of anilines is 2. The summed E-state index contributed by atoms with van der Waals surface area (Å²) in [7, 11) is 0. The number of aromatic nitrogens is 2. The van der Waals surface area contributed by atoms with Gasteiger partial charge in [-0.2, -0.15) is 0 Å². The SMILES string of the molecule is CCCc1cc(=O)n2c(C(=O)Nc3cccc(C(=O)OC(C)C)c3)c(C(=O)Nc3ccc(F)cc3)sc2n1. The molecule has 0 spiro atoms. The number of benzene rings is 2. The molecular weight excluding hydrogens is 511 g/mol. The lowest BCUT2D eigenvalue weighted by atomic mass is 10.2. The molecule has 0 saturated heterocycles. The number of nitrogens with zero attached hydrogens (tertiary/aromatic N) is 2. The highest BCUT2D eigenvalue weighted by Crippen LogP contribution is 2.25. The van der Waals surface area contributed by atoms with Gasteiger partial charge in [-0.25, -0.2) is 18.6 Å². The van der Waals surface area contributed by atoms with E-state index in [4.69, 9.17) is 4.74 Å². The Bertz CT molecular complexity index is 1580. The molecular formula is C27H25FN4O5S. The van der Waals surface area contributed by atoms with Crippen LogP contribution in [0.1, 0.15) is 63.4 Å². The molecule has 2 heterocycles. The van der Waals surface area contributed by atoms with Gasteiger partial charge in [0.25, 0.3) is 17.4 Å². The van der Waals surface area contributed by atoms with Gasteiger partial charge in [0.1, 0.15) is 16.4 Å². The molecule has 4 aromatic rings. The van der Waals surface area contributed by atoms with E-state index in [1.165, 1.54) is 36.4 Å². The molecule has 0 fully saturated rings. The Labute approximate surface area is 221 Å². The Balaban J connectivity index is 1.74. The van der Waals surface area contributed by atoms with Gasteiger partial charge in [0.15, 0.2) is 4.96 Å². The number of aryl methyl sites for hydroxylation is 1. The average Bonchev–Trinajstić information content (AvgIpc) is 3.26. The topological polar surface area (TPSA) is 119 Å². The van der Waals surface area contributed by atoms with Gasteiger partial charge in [-0.3, -0.25) is 14.4 Å². The van der Waals surface area contributed by atoms with E-state index in [1.807, 2.05) is 6.92 Å². The average molecular weight is 537 g/mol. The molecule has 0 bridgehead atoms. The summed E-state index contributed by atoms with van der Waals surface area (Å²) < 4.78 is 19.6. The first-order chi connectivity index (χ1) is 18.2. The first-order valence-corrected chi connectivity index (χ1v) is 12.7. The summed E-state index contributed by atoms with van der Waals surface area (Å²) in [6.45, 7) is 5.40. The second-order valence-electron chi connectivity index (χ2n) is 8.68. The molecule has 11 heteroatoms. The molecule has 2 amide bonds. The Morgan fingerprint density at radius 2 is 1.74 bits per heavy atom. The van der Waals surface area contributed by atoms with Crippen LogP contribution in [0, 0.1) is 5.82 Å². The van der Waals surface area contributed by atoms with E-state index < -0.39 is 29.2 Å². The Morgan fingerprint density at radius 3 is 2.42 bits per heavy atom. The number of thiazole rings is 1. The van der Waals surface area contributed by atoms with E-state index in [0.29, 0.717) is 17.8 Å². The molecule has 0 unspecified atom stereocenters. The van der Waals surface area contributed by atoms with E-state index in [2.05, 4.69) is 15.6 Å². The molecule has 0 saturated carbocycles. The van der Waals surface area contributed by atoms with Gasteiger partial charge in [-0.1, -0.05) is 30.7 Å². The molecule has 2 aromatic carbocycles. The minimum absolute atomic E-state index is 0.0551. The Hall–Kier alpha value is -4.38. The number of amides is 2. The zero-order chi connectivity index (χ0) is 27.4. The number of ether oxygens (including phenoxy) is 1. The fourth-order valence-corrected chi connectivity index (χ4v) is 4.72. The first kappa shape index (κ1) is 26.7. The van der Waals surface area contributed by atoms with E-state index in [0.717, 1.165) is 22.2 Å². The molecule has 0 aliphatic carbocycles. The number of halogens is 1. The molecule has 0 atom stereocenters. The normalized spacial score (nSPS) is 11.0. The predicted octanol–water partition coefficient (Wildman–Crippen LogP) is 4.92. The van der Waals surface area contributed by atoms with Crippen molar-refractivity contribution in [2.24, 2.45) is 0 Å². The first-order valence-electron chi connectivity index (χ1n) is 11.9. The molecule has 0 radical (unpaired) electrons. The van der Waals surface area contributed by atoms with Crippen LogP contribution >= 0.6 is 11.3 Å². The van der Waals surface area contributed by atoms with Crippen molar-refractivity contribution in [3.63, 3.8) is 0 Å². The van der Waals surface area contributed by atoms with Crippen molar-refractivity contribution in [3.05, 3.63) is 92.6 Å². The van der Waals surface area contributed by atoms with Crippen molar-refractivity contribution in [3.8, 4) is 0 Å². The standard InChI is InChI=1S/C27H25FN4O5S/c1-4-6-19-14-21(33)32-22(24(34)30-20-8-5-7-16(13-20)26(36)37-15(2)3)23(38-27(32)31-19)25(35)29-18-11-9-17(28)10-12-18/h5,7-15H,4,6H2,1-3H3,(H,29,35)(H,30,34). The lowest BCUT2D eigenvalue weighted by Crippen LogP contribution is -2.25. The van der Waals surface area contributed by atoms with Gasteiger partial charge in [0.05, 0.1) is 11.7 Å². The quantitative estimate of drug-likeness (QED) is 0.309. The second-order valence-corrected chi connectivity index (χ2v) is 9.66. The number of esters is 1. The predicted molar refractivity (Wildman–Crippen MR) is 143 cm³/mol. The number of nitrogens with one attached hydrogen (secondary N) is 2. The highest BCUT2D eigenvalue weighted by Gasteiger charge is 2.27. The number of carbonyl (C=O) groups excluding carboxylic acids is 3. The van der Waals surface area contributed by atoms with Crippen molar-refractivity contribution in [2.75, 3.05) is 10.6 Å². The zero-order valence-electron chi connectivity index (χ0n) is 20.9. The van der Waals surface area contributed by atoms with Crippen molar-refractivity contribution in [1.29, 1.82) is 0 Å². The van der Waals surface area contributed by atoms with Gasteiger partial charge in [0, 0.05) is 23.1 Å². The summed E-state index contributed by atoms with van der Waals surface area (Å²) in [5.41, 5.74) is 0.636. The second kappa shape index (κ2) is 11.3. The van der Waals surface area contributed by atoms with Crippen molar-refractivity contribution in [1.82, 2.24) is 9.38 Å². The van der Waals surface area contributed by atoms with Crippen LogP contribution in [0.15, 0.2) is 59.4 Å². The molecule has 4 rings (SSSR count). The van der Waals surface area contributed by atoms with Crippen LogP contribution in [0.4, 0.5) is 15.8 Å². The van der Waals surface area contributed by atoms with Crippen LogP contribution in [-0.4, -0.2) is 33.3 Å². The highest BCUT2D eigenvalue weighted by molar-refractivity contribution is 7.19. The molecule has 2 aromatic heterocycles. The van der Waals surface area contributed by atoms with Gasteiger partial charge in [-0.15, -0.1) is 0 Å². The van der Waals surface area contributed by atoms with E-state index >= 15 is 0 Å². The monoisotopic (exact) mass is 536 g/mol.